The molecule has 3 rings (SSSR count). The van der Waals surface area contributed by atoms with Gasteiger partial charge in [-0.3, -0.25) is 9.69 Å². The number of piperazine rings is 1. The van der Waals surface area contributed by atoms with Crippen LogP contribution < -0.4 is 5.32 Å². The van der Waals surface area contributed by atoms with E-state index in [2.05, 4.69) is 5.32 Å². The zero-order valence-electron chi connectivity index (χ0n) is 12.7. The Labute approximate surface area is 124 Å². The minimum Gasteiger partial charge on any atom is -0.480 e. The van der Waals surface area contributed by atoms with Gasteiger partial charge in [-0.1, -0.05) is 0 Å². The summed E-state index contributed by atoms with van der Waals surface area (Å²) in [7, 11) is 0. The van der Waals surface area contributed by atoms with Gasteiger partial charge in [-0.15, -0.1) is 0 Å². The van der Waals surface area contributed by atoms with Crippen molar-refractivity contribution in [2.45, 2.75) is 44.4 Å². The number of nitrogens with zero attached hydrogens (tertiary/aromatic N) is 3. The molecular formula is C14H24N4O3. The van der Waals surface area contributed by atoms with Crippen LogP contribution in [0.2, 0.25) is 0 Å². The molecule has 3 atom stereocenters. The van der Waals surface area contributed by atoms with E-state index in [9.17, 15) is 14.7 Å². The molecule has 21 heavy (non-hydrogen) atoms. The van der Waals surface area contributed by atoms with Crippen molar-refractivity contribution < 1.29 is 14.7 Å². The molecule has 2 N–H and O–H groups in total. The summed E-state index contributed by atoms with van der Waals surface area (Å²) in [5, 5.41) is 12.7. The van der Waals surface area contributed by atoms with Crippen LogP contribution in [0.1, 0.15) is 20.3 Å². The first kappa shape index (κ1) is 14.6. The van der Waals surface area contributed by atoms with Gasteiger partial charge < -0.3 is 20.2 Å². The molecule has 0 aromatic carbocycles. The third-order valence-corrected chi connectivity index (χ3v) is 4.96. The number of rotatable bonds is 3. The van der Waals surface area contributed by atoms with Crippen LogP contribution in [0.5, 0.6) is 0 Å². The van der Waals surface area contributed by atoms with Crippen molar-refractivity contribution in [3.05, 3.63) is 0 Å². The number of carbonyl (C=O) groups excluding carboxylic acids is 1. The van der Waals surface area contributed by atoms with Crippen molar-refractivity contribution in [1.29, 1.82) is 0 Å². The fraction of sp³-hybridized carbons (Fsp3) is 0.857. The largest absolute Gasteiger partial charge is 0.480 e. The van der Waals surface area contributed by atoms with E-state index in [0.29, 0.717) is 13.0 Å². The molecule has 0 spiro atoms. The lowest BCUT2D eigenvalue weighted by Gasteiger charge is -2.28. The van der Waals surface area contributed by atoms with Gasteiger partial charge in [0.1, 0.15) is 6.04 Å². The Morgan fingerprint density at radius 1 is 1.29 bits per heavy atom. The molecule has 0 aliphatic carbocycles. The molecule has 118 valence electrons. The first-order valence-corrected chi connectivity index (χ1v) is 7.75. The first-order valence-electron chi connectivity index (χ1n) is 7.75. The molecule has 7 nitrogen and oxygen atoms in total. The first-order chi connectivity index (χ1) is 9.99. The van der Waals surface area contributed by atoms with Gasteiger partial charge >= 0.3 is 12.0 Å². The minimum atomic E-state index is -0.780. The van der Waals surface area contributed by atoms with E-state index >= 15 is 0 Å². The Morgan fingerprint density at radius 2 is 2.05 bits per heavy atom. The van der Waals surface area contributed by atoms with E-state index in [4.69, 9.17) is 0 Å². The lowest BCUT2D eigenvalue weighted by molar-refractivity contribution is -0.142. The molecule has 0 aromatic rings. The smallest absolute Gasteiger partial charge is 0.321 e. The average molecular weight is 296 g/mol. The number of carbonyl (C=O) groups is 2. The summed E-state index contributed by atoms with van der Waals surface area (Å²) in [6.07, 6.45) is 0.535. The van der Waals surface area contributed by atoms with Crippen molar-refractivity contribution in [1.82, 2.24) is 20.0 Å². The number of likely N-dealkylation sites (tertiary alicyclic amines) is 1. The van der Waals surface area contributed by atoms with Crippen LogP contribution in [-0.4, -0.2) is 88.7 Å². The molecule has 0 saturated carbocycles. The van der Waals surface area contributed by atoms with Gasteiger partial charge in [-0.25, -0.2) is 4.79 Å². The van der Waals surface area contributed by atoms with Crippen LogP contribution in [0.25, 0.3) is 0 Å². The monoisotopic (exact) mass is 296 g/mol. The predicted octanol–water partition coefficient (Wildman–Crippen LogP) is -0.368. The number of aliphatic carboxylic acids is 1. The summed E-state index contributed by atoms with van der Waals surface area (Å²) in [5.41, 5.74) is 0. The highest BCUT2D eigenvalue weighted by molar-refractivity contribution is 5.79. The fourth-order valence-corrected chi connectivity index (χ4v) is 3.83. The maximum Gasteiger partial charge on any atom is 0.321 e. The number of nitrogens with one attached hydrogen (secondary N) is 1. The minimum absolute atomic E-state index is 0.0200. The van der Waals surface area contributed by atoms with Crippen LogP contribution in [0.4, 0.5) is 4.79 Å². The molecule has 3 aliphatic heterocycles. The van der Waals surface area contributed by atoms with E-state index in [0.717, 1.165) is 26.2 Å². The second kappa shape index (κ2) is 5.46. The van der Waals surface area contributed by atoms with Crippen LogP contribution >= 0.6 is 0 Å². The number of carboxylic acid groups (broad SMARTS) is 1. The maximum absolute atomic E-state index is 12.5. The summed E-state index contributed by atoms with van der Waals surface area (Å²) < 4.78 is 0. The van der Waals surface area contributed by atoms with Crippen molar-refractivity contribution in [2.75, 3.05) is 32.7 Å². The zero-order chi connectivity index (χ0) is 15.1. The number of hydrogen-bond donors (Lipinski definition) is 2. The Kier molecular flexibility index (Phi) is 3.79. The summed E-state index contributed by atoms with van der Waals surface area (Å²) in [4.78, 5) is 29.8. The van der Waals surface area contributed by atoms with Crippen molar-refractivity contribution in [2.24, 2.45) is 0 Å². The summed E-state index contributed by atoms with van der Waals surface area (Å²) >= 11 is 0. The number of hydrogen-bond acceptors (Lipinski definition) is 4. The number of amides is 2. The number of fused-ring (bicyclic) bond motifs is 1. The van der Waals surface area contributed by atoms with Gasteiger partial charge in [0, 0.05) is 44.8 Å². The van der Waals surface area contributed by atoms with E-state index < -0.39 is 12.0 Å². The fourth-order valence-electron chi connectivity index (χ4n) is 3.83. The Hall–Kier alpha value is -1.34. The van der Waals surface area contributed by atoms with Crippen LogP contribution in [0.3, 0.4) is 0 Å². The highest BCUT2D eigenvalue weighted by Gasteiger charge is 2.47. The zero-order valence-corrected chi connectivity index (χ0v) is 12.7. The maximum atomic E-state index is 12.5. The standard InChI is InChI=1S/C14H24N4O3/c1-9(2)17-7-10(5-12(17)13(19)20)18-8-11-6-15-3-4-16(11)14(18)21/h9-12,15H,3-8H2,1-2H3,(H,19,20)/t10-,11?,12-/m1/s1. The molecule has 3 aliphatic rings. The molecule has 1 unspecified atom stereocenters. The Balaban J connectivity index is 1.73. The van der Waals surface area contributed by atoms with E-state index in [-0.39, 0.29) is 24.2 Å². The highest BCUT2D eigenvalue weighted by Crippen LogP contribution is 2.29. The number of urea groups is 1. The van der Waals surface area contributed by atoms with E-state index in [1.54, 1.807) is 0 Å². The van der Waals surface area contributed by atoms with Crippen LogP contribution in [-0.2, 0) is 4.79 Å². The SMILES string of the molecule is CC(C)N1C[C@H](N2CC3CNCCN3C2=O)C[C@@H]1C(=O)O. The molecule has 2 amide bonds. The summed E-state index contributed by atoms with van der Waals surface area (Å²) in [6, 6.07) is 0.0482. The van der Waals surface area contributed by atoms with Crippen molar-refractivity contribution >= 4 is 12.0 Å². The summed E-state index contributed by atoms with van der Waals surface area (Å²) in [6.45, 7) is 7.84. The molecule has 3 heterocycles. The van der Waals surface area contributed by atoms with Crippen molar-refractivity contribution in [3.8, 4) is 0 Å². The number of carboxylic acids is 1. The van der Waals surface area contributed by atoms with Gasteiger partial charge in [-0.2, -0.15) is 0 Å². The molecule has 0 aromatic heterocycles. The normalized spacial score (nSPS) is 33.9. The second-order valence-corrected chi connectivity index (χ2v) is 6.52. The molecule has 7 heteroatoms. The Morgan fingerprint density at radius 3 is 2.62 bits per heavy atom. The third-order valence-electron chi connectivity index (χ3n) is 4.96. The van der Waals surface area contributed by atoms with Gasteiger partial charge in [0.05, 0.1) is 6.04 Å². The molecular weight excluding hydrogens is 272 g/mol. The predicted molar refractivity (Wildman–Crippen MR) is 77.1 cm³/mol. The van der Waals surface area contributed by atoms with E-state index in [1.807, 2.05) is 28.5 Å². The van der Waals surface area contributed by atoms with Crippen molar-refractivity contribution in [3.63, 3.8) is 0 Å². The molecule has 3 saturated heterocycles. The van der Waals surface area contributed by atoms with Gasteiger partial charge in [0.15, 0.2) is 0 Å². The Bertz CT molecular complexity index is 442. The molecule has 0 bridgehead atoms. The van der Waals surface area contributed by atoms with Crippen LogP contribution in [0, 0.1) is 0 Å². The lowest BCUT2D eigenvalue weighted by atomic mass is 10.1. The topological polar surface area (TPSA) is 76.1 Å². The van der Waals surface area contributed by atoms with Gasteiger partial charge in [0.25, 0.3) is 0 Å². The third kappa shape index (κ3) is 2.48. The molecule has 3 fully saturated rings. The molecule has 0 radical (unpaired) electrons. The van der Waals surface area contributed by atoms with Gasteiger partial charge in [-0.05, 0) is 20.3 Å². The van der Waals surface area contributed by atoms with E-state index in [1.165, 1.54) is 0 Å². The average Bonchev–Trinajstić information content (AvgIpc) is 3.01. The second-order valence-electron chi connectivity index (χ2n) is 6.52. The quantitative estimate of drug-likeness (QED) is 0.743. The lowest BCUT2D eigenvalue weighted by Crippen LogP contribution is -2.50. The highest BCUT2D eigenvalue weighted by atomic mass is 16.4. The van der Waals surface area contributed by atoms with Gasteiger partial charge in [0.2, 0.25) is 0 Å². The summed E-state index contributed by atoms with van der Waals surface area (Å²) in [5.74, 6) is -0.780. The van der Waals surface area contributed by atoms with Crippen LogP contribution in [0.15, 0.2) is 0 Å².